The summed E-state index contributed by atoms with van der Waals surface area (Å²) in [5.41, 5.74) is 3.10. The highest BCUT2D eigenvalue weighted by Crippen LogP contribution is 2.12. The Balaban J connectivity index is 2.55. The molecule has 2 amide bonds. The van der Waals surface area contributed by atoms with Crippen LogP contribution in [0.1, 0.15) is 17.3 Å². The molecule has 22 heavy (non-hydrogen) atoms. The smallest absolute Gasteiger partial charge is 0.267 e. The zero-order chi connectivity index (χ0) is 16.5. The first-order valence-electron chi connectivity index (χ1n) is 6.81. The van der Waals surface area contributed by atoms with Crippen LogP contribution in [0.5, 0.6) is 0 Å². The van der Waals surface area contributed by atoms with Crippen LogP contribution >= 0.6 is 0 Å². The molecule has 1 rings (SSSR count). The minimum absolute atomic E-state index is 0.167. The average Bonchev–Trinajstić information content (AvgIpc) is 2.51. The van der Waals surface area contributed by atoms with Gasteiger partial charge < -0.3 is 10.2 Å². The molecule has 3 N–H and O–H groups in total. The minimum Gasteiger partial charge on any atom is -0.378 e. The van der Waals surface area contributed by atoms with Crippen LogP contribution in [0.4, 0.5) is 5.69 Å². The summed E-state index contributed by atoms with van der Waals surface area (Å²) in [7, 11) is 3.87. The van der Waals surface area contributed by atoms with Crippen LogP contribution in [0.15, 0.2) is 48.6 Å². The summed E-state index contributed by atoms with van der Waals surface area (Å²) in [6.07, 6.45) is 5.99. The van der Waals surface area contributed by atoms with E-state index >= 15 is 0 Å². The second-order valence-electron chi connectivity index (χ2n) is 4.92. The van der Waals surface area contributed by atoms with Gasteiger partial charge in [0.15, 0.2) is 0 Å². The van der Waals surface area contributed by atoms with Crippen molar-refractivity contribution in [3.05, 3.63) is 54.1 Å². The largest absolute Gasteiger partial charge is 0.378 e. The second-order valence-corrected chi connectivity index (χ2v) is 4.92. The molecule has 0 radical (unpaired) electrons. The van der Waals surface area contributed by atoms with Crippen LogP contribution in [-0.4, -0.2) is 37.2 Å². The number of allylic oxidation sites excluding steroid dienone is 2. The van der Waals surface area contributed by atoms with Gasteiger partial charge in [-0.25, -0.2) is 5.48 Å². The Morgan fingerprint density at radius 1 is 1.18 bits per heavy atom. The third-order valence-electron chi connectivity index (χ3n) is 2.87. The molecule has 0 saturated heterocycles. The Hall–Kier alpha value is -2.60. The molecular formula is C16H21N3O3. The van der Waals surface area contributed by atoms with Crippen LogP contribution in [0.2, 0.25) is 0 Å². The molecule has 0 fully saturated rings. The standard InChI is InChI=1S/C16H21N3O3/c1-12(6-4-5-7-15(20)18-22)17-16(21)13-8-10-14(11-9-13)19(2)3/h4-12,22H,1-3H3,(H,17,21)(H,18,20)/b6-4+,7-5+/t12-/m1/s1. The van der Waals surface area contributed by atoms with Crippen LogP contribution in [-0.2, 0) is 4.79 Å². The maximum Gasteiger partial charge on any atom is 0.267 e. The van der Waals surface area contributed by atoms with Gasteiger partial charge in [-0.05, 0) is 31.2 Å². The van der Waals surface area contributed by atoms with Gasteiger partial charge in [0, 0.05) is 37.5 Å². The van der Waals surface area contributed by atoms with Crippen molar-refractivity contribution in [3.63, 3.8) is 0 Å². The van der Waals surface area contributed by atoms with E-state index in [2.05, 4.69) is 5.32 Å². The van der Waals surface area contributed by atoms with E-state index in [-0.39, 0.29) is 11.9 Å². The topological polar surface area (TPSA) is 81.7 Å². The fourth-order valence-electron chi connectivity index (χ4n) is 1.66. The molecule has 0 bridgehead atoms. The van der Waals surface area contributed by atoms with Gasteiger partial charge in [0.1, 0.15) is 0 Å². The van der Waals surface area contributed by atoms with Gasteiger partial charge in [-0.1, -0.05) is 18.2 Å². The monoisotopic (exact) mass is 303 g/mol. The zero-order valence-electron chi connectivity index (χ0n) is 12.9. The Morgan fingerprint density at radius 2 is 1.82 bits per heavy atom. The number of anilines is 1. The van der Waals surface area contributed by atoms with Crippen molar-refractivity contribution in [1.29, 1.82) is 0 Å². The Morgan fingerprint density at radius 3 is 2.36 bits per heavy atom. The van der Waals surface area contributed by atoms with E-state index < -0.39 is 5.91 Å². The summed E-state index contributed by atoms with van der Waals surface area (Å²) in [6.45, 7) is 1.82. The molecule has 0 heterocycles. The van der Waals surface area contributed by atoms with Gasteiger partial charge in [-0.3, -0.25) is 14.8 Å². The molecule has 0 aliphatic carbocycles. The third kappa shape index (κ3) is 5.80. The lowest BCUT2D eigenvalue weighted by molar-refractivity contribution is -0.124. The quantitative estimate of drug-likeness (QED) is 0.322. The van der Waals surface area contributed by atoms with E-state index in [1.807, 2.05) is 38.1 Å². The first kappa shape index (κ1) is 17.5. The van der Waals surface area contributed by atoms with E-state index in [1.54, 1.807) is 24.3 Å². The highest BCUT2D eigenvalue weighted by Gasteiger charge is 2.07. The predicted molar refractivity (Wildman–Crippen MR) is 85.9 cm³/mol. The fraction of sp³-hybridized carbons (Fsp3) is 0.250. The number of amides is 2. The first-order valence-corrected chi connectivity index (χ1v) is 6.81. The highest BCUT2D eigenvalue weighted by atomic mass is 16.5. The van der Waals surface area contributed by atoms with Crippen molar-refractivity contribution in [3.8, 4) is 0 Å². The number of rotatable bonds is 6. The maximum atomic E-state index is 12.0. The minimum atomic E-state index is -0.609. The summed E-state index contributed by atoms with van der Waals surface area (Å²) in [5.74, 6) is -0.776. The number of hydroxylamine groups is 1. The number of nitrogens with one attached hydrogen (secondary N) is 2. The molecule has 1 aromatic rings. The summed E-state index contributed by atoms with van der Waals surface area (Å²) in [5, 5.41) is 11.1. The summed E-state index contributed by atoms with van der Waals surface area (Å²) < 4.78 is 0. The van der Waals surface area contributed by atoms with Crippen LogP contribution in [0.25, 0.3) is 0 Å². The molecule has 0 saturated carbocycles. The zero-order valence-corrected chi connectivity index (χ0v) is 12.9. The third-order valence-corrected chi connectivity index (χ3v) is 2.87. The number of hydrogen-bond donors (Lipinski definition) is 3. The molecule has 0 spiro atoms. The Bertz CT molecular complexity index is 563. The van der Waals surface area contributed by atoms with Gasteiger partial charge >= 0.3 is 0 Å². The van der Waals surface area contributed by atoms with Crippen molar-refractivity contribution in [1.82, 2.24) is 10.8 Å². The van der Waals surface area contributed by atoms with E-state index in [4.69, 9.17) is 5.21 Å². The van der Waals surface area contributed by atoms with Crippen molar-refractivity contribution in [2.45, 2.75) is 13.0 Å². The molecule has 0 aromatic heterocycles. The molecule has 0 aliphatic rings. The fourth-order valence-corrected chi connectivity index (χ4v) is 1.66. The molecule has 0 unspecified atom stereocenters. The van der Waals surface area contributed by atoms with Gasteiger partial charge in [0.25, 0.3) is 11.8 Å². The number of hydrogen-bond acceptors (Lipinski definition) is 4. The van der Waals surface area contributed by atoms with Gasteiger partial charge in [0.05, 0.1) is 0 Å². The molecule has 118 valence electrons. The summed E-state index contributed by atoms with van der Waals surface area (Å²) in [4.78, 5) is 24.7. The van der Waals surface area contributed by atoms with E-state index in [9.17, 15) is 9.59 Å². The number of benzene rings is 1. The average molecular weight is 303 g/mol. The summed E-state index contributed by atoms with van der Waals surface area (Å²) in [6, 6.07) is 7.11. The molecule has 1 atom stereocenters. The molecule has 6 nitrogen and oxygen atoms in total. The lowest BCUT2D eigenvalue weighted by Crippen LogP contribution is -2.31. The lowest BCUT2D eigenvalue weighted by Gasteiger charge is -2.13. The number of nitrogens with zero attached hydrogens (tertiary/aromatic N) is 1. The predicted octanol–water partition coefficient (Wildman–Crippen LogP) is 1.49. The van der Waals surface area contributed by atoms with Crippen molar-refractivity contribution < 1.29 is 14.8 Å². The Kier molecular flexibility index (Phi) is 6.85. The van der Waals surface area contributed by atoms with Crippen molar-refractivity contribution >= 4 is 17.5 Å². The Labute approximate surface area is 130 Å². The number of carbonyl (C=O) groups is 2. The molecule has 6 heteroatoms. The summed E-state index contributed by atoms with van der Waals surface area (Å²) >= 11 is 0. The molecule has 1 aromatic carbocycles. The normalized spacial score (nSPS) is 12.4. The van der Waals surface area contributed by atoms with Gasteiger partial charge in [0.2, 0.25) is 0 Å². The van der Waals surface area contributed by atoms with E-state index in [0.29, 0.717) is 5.56 Å². The van der Waals surface area contributed by atoms with Crippen LogP contribution in [0, 0.1) is 0 Å². The molecule has 0 aliphatic heterocycles. The number of carbonyl (C=O) groups excluding carboxylic acids is 2. The molecular weight excluding hydrogens is 282 g/mol. The SMILES string of the molecule is C[C@H](/C=C/C=C/C(=O)NO)NC(=O)c1ccc(N(C)C)cc1. The van der Waals surface area contributed by atoms with E-state index in [1.165, 1.54) is 17.6 Å². The van der Waals surface area contributed by atoms with Crippen LogP contribution in [0.3, 0.4) is 0 Å². The van der Waals surface area contributed by atoms with Crippen molar-refractivity contribution in [2.75, 3.05) is 19.0 Å². The van der Waals surface area contributed by atoms with Gasteiger partial charge in [-0.2, -0.15) is 0 Å². The second kappa shape index (κ2) is 8.63. The first-order chi connectivity index (χ1) is 10.4. The van der Waals surface area contributed by atoms with Crippen LogP contribution < -0.4 is 15.7 Å². The van der Waals surface area contributed by atoms with Crippen molar-refractivity contribution in [2.24, 2.45) is 0 Å². The van der Waals surface area contributed by atoms with Gasteiger partial charge in [-0.15, -0.1) is 0 Å². The highest BCUT2D eigenvalue weighted by molar-refractivity contribution is 5.94. The van der Waals surface area contributed by atoms with E-state index in [0.717, 1.165) is 5.69 Å². The lowest BCUT2D eigenvalue weighted by atomic mass is 10.1. The maximum absolute atomic E-state index is 12.0.